The fourth-order valence-corrected chi connectivity index (χ4v) is 6.17. The number of carboxylic acid groups (broad SMARTS) is 1. The van der Waals surface area contributed by atoms with Crippen LogP contribution in [0.2, 0.25) is 0 Å². The van der Waals surface area contributed by atoms with Crippen molar-refractivity contribution in [3.63, 3.8) is 0 Å². The summed E-state index contributed by atoms with van der Waals surface area (Å²) in [6.45, 7) is 7.35. The van der Waals surface area contributed by atoms with E-state index in [1.807, 2.05) is 24.3 Å². The van der Waals surface area contributed by atoms with Gasteiger partial charge in [-0.05, 0) is 85.7 Å². The molecule has 0 amide bonds. The third kappa shape index (κ3) is 5.66. The number of esters is 1. The van der Waals surface area contributed by atoms with Crippen molar-refractivity contribution in [3.05, 3.63) is 82.2 Å². The van der Waals surface area contributed by atoms with Gasteiger partial charge in [-0.2, -0.15) is 0 Å². The van der Waals surface area contributed by atoms with E-state index in [1.165, 1.54) is 7.11 Å². The van der Waals surface area contributed by atoms with Crippen LogP contribution in [0.4, 0.5) is 0 Å². The Morgan fingerprint density at radius 1 is 1.07 bits per heavy atom. The first-order chi connectivity index (χ1) is 20.6. The number of pyridine rings is 1. The van der Waals surface area contributed by atoms with Gasteiger partial charge in [-0.1, -0.05) is 38.5 Å². The Hall–Kier alpha value is -4.11. The number of hydrogen-bond acceptors (Lipinski definition) is 8. The smallest absolute Gasteiger partial charge is 0.313 e. The number of unbranched alkanes of at least 4 members (excludes halogenated alkanes) is 1. The summed E-state index contributed by atoms with van der Waals surface area (Å²) in [4.78, 5) is 31.1. The Morgan fingerprint density at radius 2 is 1.84 bits per heavy atom. The summed E-state index contributed by atoms with van der Waals surface area (Å²) in [6, 6.07) is 14.6. The zero-order chi connectivity index (χ0) is 30.9. The molecule has 2 N–H and O–H groups in total. The monoisotopic (exact) mass is 589 g/mol. The fraction of sp³-hybridized carbons (Fsp3) is 0.441. The highest BCUT2D eigenvalue weighted by atomic mass is 16.7. The number of carboxylic acids is 1. The van der Waals surface area contributed by atoms with E-state index in [1.54, 1.807) is 45.0 Å². The Balaban J connectivity index is 1.78. The number of fused-ring (bicyclic) bond motifs is 2. The molecule has 2 unspecified atom stereocenters. The number of aromatic nitrogens is 1. The Bertz CT molecular complexity index is 1520. The van der Waals surface area contributed by atoms with Gasteiger partial charge in [-0.3, -0.25) is 14.6 Å². The van der Waals surface area contributed by atoms with Crippen LogP contribution >= 0.6 is 0 Å². The first kappa shape index (κ1) is 30.4. The lowest BCUT2D eigenvalue weighted by Crippen LogP contribution is -2.42. The van der Waals surface area contributed by atoms with Crippen molar-refractivity contribution in [2.45, 2.75) is 71.0 Å². The van der Waals surface area contributed by atoms with E-state index < -0.39 is 41.4 Å². The number of aryl methyl sites for hydroxylation is 1. The molecular weight excluding hydrogens is 550 g/mol. The van der Waals surface area contributed by atoms with Crippen LogP contribution in [0.25, 0.3) is 0 Å². The predicted molar refractivity (Wildman–Crippen MR) is 158 cm³/mol. The first-order valence-corrected chi connectivity index (χ1v) is 14.8. The maximum atomic E-state index is 14.2. The van der Waals surface area contributed by atoms with E-state index in [2.05, 4.69) is 6.92 Å². The summed E-state index contributed by atoms with van der Waals surface area (Å²) in [7, 11) is 1.53. The number of hydrogen-bond donors (Lipinski definition) is 2. The average molecular weight is 590 g/mol. The van der Waals surface area contributed by atoms with Gasteiger partial charge in [0.05, 0.1) is 24.8 Å². The van der Waals surface area contributed by atoms with Gasteiger partial charge >= 0.3 is 11.9 Å². The normalized spacial score (nSPS) is 21.0. The van der Waals surface area contributed by atoms with E-state index >= 15 is 0 Å². The van der Waals surface area contributed by atoms with Crippen LogP contribution in [0.3, 0.4) is 0 Å². The van der Waals surface area contributed by atoms with Crippen LogP contribution in [0.5, 0.6) is 17.2 Å². The van der Waals surface area contributed by atoms with E-state index in [4.69, 9.17) is 23.9 Å². The number of rotatable bonds is 11. The number of carbonyl (C=O) groups excluding carboxylic acids is 1. The summed E-state index contributed by atoms with van der Waals surface area (Å²) >= 11 is 0. The summed E-state index contributed by atoms with van der Waals surface area (Å²) in [5.41, 5.74) is 1.61. The highest BCUT2D eigenvalue weighted by molar-refractivity contribution is 5.81. The second kappa shape index (κ2) is 12.2. The van der Waals surface area contributed by atoms with E-state index in [-0.39, 0.29) is 13.2 Å². The molecule has 2 heterocycles. The lowest BCUT2D eigenvalue weighted by atomic mass is 9.74. The van der Waals surface area contributed by atoms with Crippen molar-refractivity contribution in [1.82, 2.24) is 4.98 Å². The number of methoxy groups -OCH3 is 1. The molecule has 0 saturated heterocycles. The number of aliphatic carboxylic acids is 1. The third-order valence-corrected chi connectivity index (χ3v) is 8.28. The van der Waals surface area contributed by atoms with Crippen LogP contribution in [0, 0.1) is 11.8 Å². The minimum Gasteiger partial charge on any atom is -0.497 e. The molecule has 4 atom stereocenters. The molecule has 228 valence electrons. The van der Waals surface area contributed by atoms with Gasteiger partial charge in [-0.15, -0.1) is 0 Å². The second-order valence-corrected chi connectivity index (χ2v) is 11.6. The van der Waals surface area contributed by atoms with Gasteiger partial charge < -0.3 is 29.2 Å². The van der Waals surface area contributed by atoms with Gasteiger partial charge in [0.15, 0.2) is 11.5 Å². The molecule has 1 aliphatic heterocycles. The lowest BCUT2D eigenvalue weighted by molar-refractivity contribution is -0.160. The quantitative estimate of drug-likeness (QED) is 0.284. The van der Waals surface area contributed by atoms with Crippen LogP contribution in [-0.4, -0.2) is 47.1 Å². The molecule has 43 heavy (non-hydrogen) atoms. The van der Waals surface area contributed by atoms with Crippen molar-refractivity contribution < 1.29 is 38.7 Å². The number of aliphatic hydroxyl groups is 1. The molecule has 2 aliphatic rings. The third-order valence-electron chi connectivity index (χ3n) is 8.28. The van der Waals surface area contributed by atoms with Crippen molar-refractivity contribution >= 4 is 11.9 Å². The molecule has 3 aromatic rings. The largest absolute Gasteiger partial charge is 0.497 e. The Kier molecular flexibility index (Phi) is 8.64. The van der Waals surface area contributed by atoms with Gasteiger partial charge in [0.1, 0.15) is 17.3 Å². The van der Waals surface area contributed by atoms with Crippen molar-refractivity contribution in [2.75, 3.05) is 13.9 Å². The maximum Gasteiger partial charge on any atom is 0.313 e. The van der Waals surface area contributed by atoms with Gasteiger partial charge in [0.2, 0.25) is 6.79 Å². The van der Waals surface area contributed by atoms with E-state index in [9.17, 15) is 19.8 Å². The van der Waals surface area contributed by atoms with Crippen LogP contribution in [0.1, 0.15) is 80.1 Å². The van der Waals surface area contributed by atoms with E-state index in [0.717, 1.165) is 24.1 Å². The van der Waals surface area contributed by atoms with Gasteiger partial charge in [0.25, 0.3) is 0 Å². The van der Waals surface area contributed by atoms with Crippen molar-refractivity contribution in [3.8, 4) is 17.2 Å². The fourth-order valence-electron chi connectivity index (χ4n) is 6.17. The highest BCUT2D eigenvalue weighted by Gasteiger charge is 2.59. The minimum atomic E-state index is -1.94. The first-order valence-electron chi connectivity index (χ1n) is 14.8. The zero-order valence-corrected chi connectivity index (χ0v) is 25.3. The summed E-state index contributed by atoms with van der Waals surface area (Å²) < 4.78 is 22.5. The van der Waals surface area contributed by atoms with Crippen molar-refractivity contribution in [1.29, 1.82) is 0 Å². The summed E-state index contributed by atoms with van der Waals surface area (Å²) in [5, 5.41) is 22.9. The van der Waals surface area contributed by atoms with Crippen LogP contribution < -0.4 is 14.2 Å². The second-order valence-electron chi connectivity index (χ2n) is 11.6. The zero-order valence-electron chi connectivity index (χ0n) is 25.3. The molecule has 2 aromatic carbocycles. The summed E-state index contributed by atoms with van der Waals surface area (Å²) in [5.74, 6) is -2.42. The number of benzene rings is 2. The SMILES string of the molecule is CCCCc1ccc2c(n1)C(O)(c1ccc(OC)cc1C[C@H](C)C(=O)O)[C@H](C(=O)OC(C)C)C2c1ccc2c(c1)OCO2. The number of nitrogens with zero attached hydrogens (tertiary/aromatic N) is 1. The van der Waals surface area contributed by atoms with Gasteiger partial charge in [-0.25, -0.2) is 0 Å². The molecule has 1 aromatic heterocycles. The molecule has 9 nitrogen and oxygen atoms in total. The predicted octanol–water partition coefficient (Wildman–Crippen LogP) is 5.37. The Labute approximate surface area is 251 Å². The van der Waals surface area contributed by atoms with Crippen LogP contribution in [0.15, 0.2) is 48.5 Å². The lowest BCUT2D eigenvalue weighted by Gasteiger charge is -2.34. The van der Waals surface area contributed by atoms with Crippen molar-refractivity contribution in [2.24, 2.45) is 11.8 Å². The molecule has 0 spiro atoms. The molecule has 0 saturated carbocycles. The standard InChI is InChI=1S/C34H39NO8/c1-6-7-8-23-10-12-25-29(21-9-14-27-28(17-21)42-18-41-27)30(33(38)43-19(2)3)34(39,31(25)35-23)26-13-11-24(40-5)16-22(26)15-20(4)32(36)37/h9-14,16-17,19-20,29-30,39H,6-8,15,18H2,1-5H3,(H,36,37)/t20-,29?,30-,34?/m0/s1. The maximum absolute atomic E-state index is 14.2. The van der Waals surface area contributed by atoms with Crippen LogP contribution in [-0.2, 0) is 32.8 Å². The Morgan fingerprint density at radius 3 is 2.53 bits per heavy atom. The number of ether oxygens (including phenoxy) is 4. The molecule has 0 radical (unpaired) electrons. The minimum absolute atomic E-state index is 0.0993. The average Bonchev–Trinajstić information content (AvgIpc) is 3.55. The molecule has 5 rings (SSSR count). The highest BCUT2D eigenvalue weighted by Crippen LogP contribution is 2.56. The molecule has 0 bridgehead atoms. The van der Waals surface area contributed by atoms with E-state index in [0.29, 0.717) is 46.1 Å². The molecule has 0 fully saturated rings. The summed E-state index contributed by atoms with van der Waals surface area (Å²) in [6.07, 6.45) is 2.27. The number of carbonyl (C=O) groups is 2. The molecule has 1 aliphatic carbocycles. The molecule has 9 heteroatoms. The van der Waals surface area contributed by atoms with Gasteiger partial charge in [0, 0.05) is 11.6 Å². The molecular formula is C34H39NO8. The topological polar surface area (TPSA) is 124 Å².